The molecule has 1 aliphatic heterocycles. The summed E-state index contributed by atoms with van der Waals surface area (Å²) in [7, 11) is 0. The molecule has 1 aromatic rings. The quantitative estimate of drug-likeness (QED) is 0.586. The third kappa shape index (κ3) is 1.39. The lowest BCUT2D eigenvalue weighted by atomic mass is 10.1. The summed E-state index contributed by atoms with van der Waals surface area (Å²) in [6.07, 6.45) is 0. The van der Waals surface area contributed by atoms with Gasteiger partial charge in [-0.15, -0.1) is 0 Å². The van der Waals surface area contributed by atoms with Crippen LogP contribution in [0.25, 0.3) is 0 Å². The zero-order valence-corrected chi connectivity index (χ0v) is 9.28. The molecule has 0 radical (unpaired) electrons. The highest BCUT2D eigenvalue weighted by Gasteiger charge is 2.27. The predicted octanol–water partition coefficient (Wildman–Crippen LogP) is 2.18. The Labute approximate surface area is 90.6 Å². The zero-order valence-electron chi connectivity index (χ0n) is 7.12. The van der Waals surface area contributed by atoms with Gasteiger partial charge in [0.25, 0.3) is 0 Å². The second-order valence-electron chi connectivity index (χ2n) is 2.99. The van der Waals surface area contributed by atoms with Gasteiger partial charge < -0.3 is 8.43 Å². The van der Waals surface area contributed by atoms with Crippen LogP contribution >= 0.6 is 22.9 Å². The number of carbonyl (C=O) groups excluding carboxylic acids is 1. The fraction of sp³-hybridized carbons (Fsp3) is 0.222. The Morgan fingerprint density at radius 2 is 2.15 bits per heavy atom. The van der Waals surface area contributed by atoms with Crippen molar-refractivity contribution in [3.05, 3.63) is 24.3 Å². The number of nitrogens with one attached hydrogen (secondary N) is 1. The van der Waals surface area contributed by atoms with Crippen molar-refractivity contribution in [3.63, 3.8) is 0 Å². The van der Waals surface area contributed by atoms with Gasteiger partial charge in [0.15, 0.2) is 0 Å². The zero-order chi connectivity index (χ0) is 9.42. The number of carbonyl (C=O) groups is 1. The third-order valence-corrected chi connectivity index (χ3v) is 3.47. The van der Waals surface area contributed by atoms with E-state index in [1.54, 1.807) is 0 Å². The van der Waals surface area contributed by atoms with Crippen LogP contribution in [0.2, 0.25) is 0 Å². The van der Waals surface area contributed by atoms with Gasteiger partial charge in [0, 0.05) is 0 Å². The van der Waals surface area contributed by atoms with Gasteiger partial charge >= 0.3 is 0 Å². The van der Waals surface area contributed by atoms with Crippen LogP contribution < -0.4 is 8.43 Å². The Balaban J connectivity index is 2.49. The van der Waals surface area contributed by atoms with E-state index in [0.717, 1.165) is 11.4 Å². The summed E-state index contributed by atoms with van der Waals surface area (Å²) in [5.74, 6) is 0.0492. The highest BCUT2D eigenvalue weighted by Crippen LogP contribution is 2.33. The van der Waals surface area contributed by atoms with Crippen LogP contribution in [0.3, 0.4) is 0 Å². The summed E-state index contributed by atoms with van der Waals surface area (Å²) < 4.78 is 1.95. The largest absolute Gasteiger partial charge is 0.322 e. The molecule has 1 heterocycles. The molecule has 4 heteroatoms. The molecule has 1 N–H and O–H groups in total. The van der Waals surface area contributed by atoms with Gasteiger partial charge in [0.2, 0.25) is 5.91 Å². The maximum Gasteiger partial charge on any atom is 0.247 e. The average Bonchev–Trinajstić information content (AvgIpc) is 2.15. The minimum atomic E-state index is -0.101. The third-order valence-electron chi connectivity index (χ3n) is 2.11. The Bertz CT molecular complexity index is 353. The van der Waals surface area contributed by atoms with Crippen molar-refractivity contribution in [2.24, 2.45) is 0 Å². The fourth-order valence-corrected chi connectivity index (χ4v) is 1.99. The van der Waals surface area contributed by atoms with E-state index >= 15 is 0 Å². The Morgan fingerprint density at radius 1 is 1.46 bits per heavy atom. The maximum absolute atomic E-state index is 11.4. The molecule has 1 amide bonds. The molecule has 0 spiro atoms. The van der Waals surface area contributed by atoms with Gasteiger partial charge in [-0.2, -0.15) is 0 Å². The lowest BCUT2D eigenvalue weighted by Gasteiger charge is -2.30. The summed E-state index contributed by atoms with van der Waals surface area (Å²) in [5.41, 5.74) is 1.95. The molecule has 0 fully saturated rings. The van der Waals surface area contributed by atoms with Gasteiger partial charge in [0.05, 0.1) is 34.2 Å². The molecule has 0 saturated heterocycles. The van der Waals surface area contributed by atoms with Crippen molar-refractivity contribution in [1.29, 1.82) is 0 Å². The summed E-state index contributed by atoms with van der Waals surface area (Å²) in [6.45, 7) is 1.89. The van der Waals surface area contributed by atoms with Crippen LogP contribution in [-0.2, 0) is 4.79 Å². The molecule has 0 bridgehead atoms. The van der Waals surface area contributed by atoms with E-state index in [1.165, 1.54) is 0 Å². The molecule has 3 nitrogen and oxygen atoms in total. The van der Waals surface area contributed by atoms with E-state index in [0.29, 0.717) is 0 Å². The van der Waals surface area contributed by atoms with Gasteiger partial charge in [-0.3, -0.25) is 4.79 Å². The fourth-order valence-electron chi connectivity index (χ4n) is 1.31. The van der Waals surface area contributed by atoms with Gasteiger partial charge in [-0.05, 0) is 19.1 Å². The highest BCUT2D eigenvalue weighted by molar-refractivity contribution is 14.1. The van der Waals surface area contributed by atoms with Crippen molar-refractivity contribution in [3.8, 4) is 0 Å². The molecule has 1 aromatic carbocycles. The smallest absolute Gasteiger partial charge is 0.247 e. The Hall–Kier alpha value is -0.780. The second kappa shape index (κ2) is 3.17. The number of halogens is 1. The summed E-state index contributed by atoms with van der Waals surface area (Å²) in [5, 5.41) is 2.85. The molecule has 1 aliphatic rings. The number of fused-ring (bicyclic) bond motifs is 1. The first-order valence-corrected chi connectivity index (χ1v) is 5.01. The monoisotopic (exact) mass is 288 g/mol. The first kappa shape index (κ1) is 8.80. The summed E-state index contributed by atoms with van der Waals surface area (Å²) in [6, 6.07) is 7.69. The molecule has 2 rings (SSSR count). The van der Waals surface area contributed by atoms with Crippen LogP contribution in [0.5, 0.6) is 0 Å². The topological polar surface area (TPSA) is 32.3 Å². The number of anilines is 2. The van der Waals surface area contributed by atoms with E-state index in [9.17, 15) is 4.79 Å². The molecule has 13 heavy (non-hydrogen) atoms. The number of amides is 1. The molecule has 0 saturated carbocycles. The molecular weight excluding hydrogens is 279 g/mol. The first-order valence-electron chi connectivity index (χ1n) is 4.05. The highest BCUT2D eigenvalue weighted by atomic mass is 127. The van der Waals surface area contributed by atoms with E-state index in [1.807, 2.05) is 34.3 Å². The number of nitrogens with zero attached hydrogens (tertiary/aromatic N) is 1. The van der Waals surface area contributed by atoms with Gasteiger partial charge in [0.1, 0.15) is 6.04 Å². The second-order valence-corrected chi connectivity index (χ2v) is 4.03. The predicted molar refractivity (Wildman–Crippen MR) is 61.0 cm³/mol. The van der Waals surface area contributed by atoms with E-state index < -0.39 is 0 Å². The summed E-state index contributed by atoms with van der Waals surface area (Å²) in [4.78, 5) is 11.4. The van der Waals surface area contributed by atoms with Crippen molar-refractivity contribution >= 4 is 40.1 Å². The standard InChI is InChI=1S/C9H9IN2O/c1-6-9(13)11-7-4-2-3-5-8(7)12(6)10/h2-6H,1H3,(H,11,13). The van der Waals surface area contributed by atoms with Crippen molar-refractivity contribution in [2.75, 3.05) is 8.43 Å². The van der Waals surface area contributed by atoms with E-state index in [-0.39, 0.29) is 11.9 Å². The molecule has 0 aliphatic carbocycles. The number of rotatable bonds is 0. The number of hydrogen-bond donors (Lipinski definition) is 1. The van der Waals surface area contributed by atoms with Crippen LogP contribution in [0.4, 0.5) is 11.4 Å². The maximum atomic E-state index is 11.4. The minimum absolute atomic E-state index is 0.0492. The lowest BCUT2D eigenvalue weighted by Crippen LogP contribution is -2.40. The molecular formula is C9H9IN2O. The first-order chi connectivity index (χ1) is 6.20. The molecule has 1 unspecified atom stereocenters. The van der Waals surface area contributed by atoms with Crippen LogP contribution in [0.1, 0.15) is 6.92 Å². The van der Waals surface area contributed by atoms with Crippen LogP contribution in [0.15, 0.2) is 24.3 Å². The Morgan fingerprint density at radius 3 is 2.92 bits per heavy atom. The SMILES string of the molecule is CC1C(=O)Nc2ccccc2N1I. The molecule has 68 valence electrons. The van der Waals surface area contributed by atoms with E-state index in [2.05, 4.69) is 28.2 Å². The van der Waals surface area contributed by atoms with E-state index in [4.69, 9.17) is 0 Å². The molecule has 1 atom stereocenters. The lowest BCUT2D eigenvalue weighted by molar-refractivity contribution is -0.116. The van der Waals surface area contributed by atoms with Gasteiger partial charge in [-0.1, -0.05) is 12.1 Å². The average molecular weight is 288 g/mol. The number of benzene rings is 1. The van der Waals surface area contributed by atoms with Gasteiger partial charge in [-0.25, -0.2) is 0 Å². The normalized spacial score (nSPS) is 20.9. The number of hydrogen-bond acceptors (Lipinski definition) is 2. The Kier molecular flexibility index (Phi) is 2.15. The number of para-hydroxylation sites is 2. The van der Waals surface area contributed by atoms with Crippen molar-refractivity contribution in [2.45, 2.75) is 13.0 Å². The summed E-state index contributed by atoms with van der Waals surface area (Å²) >= 11 is 2.16. The minimum Gasteiger partial charge on any atom is -0.322 e. The van der Waals surface area contributed by atoms with Crippen LogP contribution in [-0.4, -0.2) is 11.9 Å². The van der Waals surface area contributed by atoms with Crippen LogP contribution in [0, 0.1) is 0 Å². The van der Waals surface area contributed by atoms with Crippen molar-refractivity contribution in [1.82, 2.24) is 0 Å². The molecule has 0 aromatic heterocycles. The van der Waals surface area contributed by atoms with Crippen molar-refractivity contribution < 1.29 is 4.79 Å².